The molecule has 19 heavy (non-hydrogen) atoms. The fourth-order valence-electron chi connectivity index (χ4n) is 2.40. The molecule has 2 heterocycles. The molecular formula is C14H23N3O2. The summed E-state index contributed by atoms with van der Waals surface area (Å²) in [6.45, 7) is 8.39. The van der Waals surface area contributed by atoms with Crippen LogP contribution in [0.15, 0.2) is 12.4 Å². The fourth-order valence-corrected chi connectivity index (χ4v) is 2.40. The molecule has 1 saturated heterocycles. The van der Waals surface area contributed by atoms with Crippen molar-refractivity contribution in [3.8, 4) is 0 Å². The number of hydrogen-bond acceptors (Lipinski definition) is 4. The van der Waals surface area contributed by atoms with Crippen molar-refractivity contribution in [3.63, 3.8) is 0 Å². The molecule has 1 aromatic rings. The van der Waals surface area contributed by atoms with Crippen LogP contribution in [0.1, 0.15) is 25.8 Å². The standard InChI is InChI=1S/C14H23N3O2/c1-3-5-16-6-7-19-14(11-16)13(18)8-12-9-15-17(4-2)10-12/h9-10,14H,3-8,11H2,1-2H3. The van der Waals surface area contributed by atoms with E-state index in [9.17, 15) is 4.79 Å². The highest BCUT2D eigenvalue weighted by molar-refractivity contribution is 5.85. The highest BCUT2D eigenvalue weighted by Gasteiger charge is 2.26. The van der Waals surface area contributed by atoms with Crippen LogP contribution < -0.4 is 0 Å². The van der Waals surface area contributed by atoms with E-state index in [1.165, 1.54) is 0 Å². The highest BCUT2D eigenvalue weighted by atomic mass is 16.5. The van der Waals surface area contributed by atoms with Crippen molar-refractivity contribution < 1.29 is 9.53 Å². The van der Waals surface area contributed by atoms with Gasteiger partial charge in [-0.2, -0.15) is 5.10 Å². The molecule has 1 unspecified atom stereocenters. The predicted octanol–water partition coefficient (Wildman–Crippen LogP) is 1.13. The Morgan fingerprint density at radius 2 is 2.37 bits per heavy atom. The second kappa shape index (κ2) is 6.82. The van der Waals surface area contributed by atoms with Crippen molar-refractivity contribution in [2.45, 2.75) is 39.3 Å². The molecule has 1 aromatic heterocycles. The van der Waals surface area contributed by atoms with E-state index in [2.05, 4.69) is 16.9 Å². The van der Waals surface area contributed by atoms with Gasteiger partial charge in [0.25, 0.3) is 0 Å². The summed E-state index contributed by atoms with van der Waals surface area (Å²) in [6, 6.07) is 0. The molecule has 0 N–H and O–H groups in total. The summed E-state index contributed by atoms with van der Waals surface area (Å²) in [5, 5.41) is 4.19. The Labute approximate surface area is 114 Å². The summed E-state index contributed by atoms with van der Waals surface area (Å²) in [5.41, 5.74) is 0.975. The van der Waals surface area contributed by atoms with Crippen molar-refractivity contribution in [1.29, 1.82) is 0 Å². The molecule has 0 aliphatic carbocycles. The van der Waals surface area contributed by atoms with E-state index in [1.54, 1.807) is 6.20 Å². The van der Waals surface area contributed by atoms with E-state index in [1.807, 2.05) is 17.8 Å². The monoisotopic (exact) mass is 265 g/mol. The van der Waals surface area contributed by atoms with Gasteiger partial charge in [-0.05, 0) is 25.5 Å². The van der Waals surface area contributed by atoms with Crippen molar-refractivity contribution in [3.05, 3.63) is 18.0 Å². The van der Waals surface area contributed by atoms with Crippen molar-refractivity contribution >= 4 is 5.78 Å². The van der Waals surface area contributed by atoms with Crippen molar-refractivity contribution in [2.24, 2.45) is 0 Å². The van der Waals surface area contributed by atoms with Gasteiger partial charge in [0.2, 0.25) is 0 Å². The zero-order valence-electron chi connectivity index (χ0n) is 11.8. The number of ether oxygens (including phenoxy) is 1. The summed E-state index contributed by atoms with van der Waals surface area (Å²) in [7, 11) is 0. The Balaban J connectivity index is 1.88. The van der Waals surface area contributed by atoms with Crippen molar-refractivity contribution in [2.75, 3.05) is 26.2 Å². The second-order valence-electron chi connectivity index (χ2n) is 5.01. The topological polar surface area (TPSA) is 47.4 Å². The zero-order valence-corrected chi connectivity index (χ0v) is 11.8. The van der Waals surface area contributed by atoms with Gasteiger partial charge < -0.3 is 4.74 Å². The van der Waals surface area contributed by atoms with E-state index in [-0.39, 0.29) is 11.9 Å². The summed E-state index contributed by atoms with van der Waals surface area (Å²) in [4.78, 5) is 14.5. The van der Waals surface area contributed by atoms with Crippen LogP contribution in [0.2, 0.25) is 0 Å². The number of carbonyl (C=O) groups excluding carboxylic acids is 1. The van der Waals surface area contributed by atoms with E-state index in [4.69, 9.17) is 4.74 Å². The minimum atomic E-state index is -0.273. The maximum absolute atomic E-state index is 12.2. The molecule has 0 saturated carbocycles. The summed E-state index contributed by atoms with van der Waals surface area (Å²) in [5.74, 6) is 0.163. The van der Waals surface area contributed by atoms with Crippen LogP contribution in [0.3, 0.4) is 0 Å². The lowest BCUT2D eigenvalue weighted by atomic mass is 10.1. The molecule has 0 amide bonds. The summed E-state index contributed by atoms with van der Waals surface area (Å²) >= 11 is 0. The average molecular weight is 265 g/mol. The number of Topliss-reactive ketones (excluding diaryl/α,β-unsaturated/α-hetero) is 1. The number of carbonyl (C=O) groups is 1. The van der Waals surface area contributed by atoms with Crippen LogP contribution in [0.4, 0.5) is 0 Å². The summed E-state index contributed by atoms with van der Waals surface area (Å²) in [6.07, 6.45) is 4.97. The molecule has 0 aromatic carbocycles. The predicted molar refractivity (Wildman–Crippen MR) is 73.1 cm³/mol. The average Bonchev–Trinajstić information content (AvgIpc) is 2.87. The summed E-state index contributed by atoms with van der Waals surface area (Å²) < 4.78 is 7.44. The Hall–Kier alpha value is -1.20. The van der Waals surface area contributed by atoms with E-state index < -0.39 is 0 Å². The molecule has 1 atom stereocenters. The molecule has 1 fully saturated rings. The van der Waals surface area contributed by atoms with Gasteiger partial charge in [-0.15, -0.1) is 0 Å². The lowest BCUT2D eigenvalue weighted by Gasteiger charge is -2.31. The van der Waals surface area contributed by atoms with Crippen LogP contribution >= 0.6 is 0 Å². The minimum absolute atomic E-state index is 0.163. The Kier molecular flexibility index (Phi) is 5.10. The third kappa shape index (κ3) is 3.88. The van der Waals surface area contributed by atoms with Gasteiger partial charge >= 0.3 is 0 Å². The highest BCUT2D eigenvalue weighted by Crippen LogP contribution is 2.10. The van der Waals surface area contributed by atoms with Gasteiger partial charge in [0.15, 0.2) is 5.78 Å². The second-order valence-corrected chi connectivity index (χ2v) is 5.01. The third-order valence-electron chi connectivity index (χ3n) is 3.44. The maximum Gasteiger partial charge on any atom is 0.167 e. The largest absolute Gasteiger partial charge is 0.368 e. The van der Waals surface area contributed by atoms with E-state index in [0.29, 0.717) is 13.0 Å². The van der Waals surface area contributed by atoms with Crippen LogP contribution in [-0.2, 0) is 22.5 Å². The first kappa shape index (κ1) is 14.2. The first-order valence-electron chi connectivity index (χ1n) is 7.11. The first-order valence-corrected chi connectivity index (χ1v) is 7.11. The smallest absolute Gasteiger partial charge is 0.167 e. The first-order chi connectivity index (χ1) is 9.22. The molecule has 2 rings (SSSR count). The van der Waals surface area contributed by atoms with Crippen LogP contribution in [-0.4, -0.2) is 52.8 Å². The fraction of sp³-hybridized carbons (Fsp3) is 0.714. The van der Waals surface area contributed by atoms with Gasteiger partial charge in [0, 0.05) is 32.3 Å². The molecule has 1 aliphatic rings. The lowest BCUT2D eigenvalue weighted by molar-refractivity contribution is -0.135. The number of aryl methyl sites for hydroxylation is 1. The normalized spacial score (nSPS) is 20.6. The minimum Gasteiger partial charge on any atom is -0.368 e. The third-order valence-corrected chi connectivity index (χ3v) is 3.44. The molecule has 106 valence electrons. The molecule has 1 aliphatic heterocycles. The number of aromatic nitrogens is 2. The van der Waals surface area contributed by atoms with Gasteiger partial charge in [-0.25, -0.2) is 0 Å². The Morgan fingerprint density at radius 1 is 1.53 bits per heavy atom. The lowest BCUT2D eigenvalue weighted by Crippen LogP contribution is -2.46. The molecule has 0 radical (unpaired) electrons. The number of ketones is 1. The van der Waals surface area contributed by atoms with E-state index in [0.717, 1.165) is 38.2 Å². The number of hydrogen-bond donors (Lipinski definition) is 0. The van der Waals surface area contributed by atoms with Crippen LogP contribution in [0.5, 0.6) is 0 Å². The van der Waals surface area contributed by atoms with Gasteiger partial charge in [0.1, 0.15) is 6.10 Å². The van der Waals surface area contributed by atoms with Gasteiger partial charge in [-0.3, -0.25) is 14.4 Å². The quantitative estimate of drug-likeness (QED) is 0.773. The Bertz CT molecular complexity index is 415. The molecular weight excluding hydrogens is 242 g/mol. The zero-order chi connectivity index (χ0) is 13.7. The van der Waals surface area contributed by atoms with Crippen LogP contribution in [0.25, 0.3) is 0 Å². The van der Waals surface area contributed by atoms with E-state index >= 15 is 0 Å². The van der Waals surface area contributed by atoms with Gasteiger partial charge in [0.05, 0.1) is 12.8 Å². The SMILES string of the molecule is CCCN1CCOC(C(=O)Cc2cnn(CC)c2)C1. The molecule has 0 spiro atoms. The van der Waals surface area contributed by atoms with Crippen LogP contribution in [0, 0.1) is 0 Å². The molecule has 0 bridgehead atoms. The molecule has 5 heteroatoms. The number of morpholine rings is 1. The molecule has 5 nitrogen and oxygen atoms in total. The number of rotatable bonds is 6. The van der Waals surface area contributed by atoms with Gasteiger partial charge in [-0.1, -0.05) is 6.92 Å². The number of nitrogens with zero attached hydrogens (tertiary/aromatic N) is 3. The maximum atomic E-state index is 12.2. The Morgan fingerprint density at radius 3 is 3.05 bits per heavy atom. The van der Waals surface area contributed by atoms with Crippen molar-refractivity contribution in [1.82, 2.24) is 14.7 Å².